The summed E-state index contributed by atoms with van der Waals surface area (Å²) in [6, 6.07) is 17.1. The molecule has 0 aliphatic rings. The van der Waals surface area contributed by atoms with Crippen molar-refractivity contribution in [3.63, 3.8) is 0 Å². The van der Waals surface area contributed by atoms with Gasteiger partial charge in [0.2, 0.25) is 0 Å². The van der Waals surface area contributed by atoms with E-state index < -0.39 is 31.3 Å². The average molecular weight is 420 g/mol. The lowest BCUT2D eigenvalue weighted by Gasteiger charge is -2.20. The molecule has 1 unspecified atom stereocenters. The normalized spacial score (nSPS) is 12.6. The first-order chi connectivity index (χ1) is 13.7. The molecule has 0 aliphatic heterocycles. The predicted octanol–water partition coefficient (Wildman–Crippen LogP) is 6.24. The highest BCUT2D eigenvalue weighted by molar-refractivity contribution is 7.22. The van der Waals surface area contributed by atoms with Crippen LogP contribution in [0.5, 0.6) is 5.75 Å². The van der Waals surface area contributed by atoms with Gasteiger partial charge in [0.15, 0.2) is 0 Å². The Morgan fingerprint density at radius 2 is 1.83 bits per heavy atom. The molecule has 2 aromatic carbocycles. The summed E-state index contributed by atoms with van der Waals surface area (Å²) in [5.41, 5.74) is 1.12. The molecule has 1 aromatic heterocycles. The number of alkyl halides is 3. The molecule has 1 atom stereocenters. The van der Waals surface area contributed by atoms with Crippen LogP contribution in [0.4, 0.5) is 13.2 Å². The van der Waals surface area contributed by atoms with E-state index in [1.165, 1.54) is 6.92 Å². The third-order valence-corrected chi connectivity index (χ3v) is 5.37. The number of hydrogen-bond acceptors (Lipinski definition) is 4. The van der Waals surface area contributed by atoms with Crippen molar-refractivity contribution in [3.8, 4) is 16.2 Å². The number of thiophene rings is 1. The van der Waals surface area contributed by atoms with Crippen LogP contribution in [0.25, 0.3) is 20.5 Å². The minimum atomic E-state index is -4.55. The molecule has 3 rings (SSSR count). The van der Waals surface area contributed by atoms with Crippen molar-refractivity contribution in [3.05, 3.63) is 66.7 Å². The summed E-state index contributed by atoms with van der Waals surface area (Å²) in [4.78, 5) is 12.5. The highest BCUT2D eigenvalue weighted by Gasteiger charge is 2.41. The summed E-state index contributed by atoms with van der Waals surface area (Å²) < 4.78 is 50.6. The van der Waals surface area contributed by atoms with E-state index in [1.54, 1.807) is 23.5 Å². The fourth-order valence-corrected chi connectivity index (χ4v) is 3.68. The molecule has 152 valence electrons. The van der Waals surface area contributed by atoms with Crippen molar-refractivity contribution in [1.82, 2.24) is 0 Å². The number of fused-ring (bicyclic) bond motifs is 1. The highest BCUT2D eigenvalue weighted by Crippen LogP contribution is 2.35. The smallest absolute Gasteiger partial charge is 0.398 e. The Bertz CT molecular complexity index is 1010. The van der Waals surface area contributed by atoms with Gasteiger partial charge in [0.1, 0.15) is 24.9 Å². The molecule has 0 aliphatic carbocycles. The Morgan fingerprint density at radius 1 is 1.10 bits per heavy atom. The first-order valence-corrected chi connectivity index (χ1v) is 9.67. The van der Waals surface area contributed by atoms with Crippen molar-refractivity contribution in [1.29, 1.82) is 0 Å². The van der Waals surface area contributed by atoms with E-state index in [0.717, 1.165) is 20.5 Å². The number of rotatable bonds is 7. The van der Waals surface area contributed by atoms with Crippen LogP contribution in [0, 0.1) is 5.92 Å². The van der Waals surface area contributed by atoms with Crippen LogP contribution in [0.1, 0.15) is 6.92 Å². The fraction of sp³-hybridized carbons (Fsp3) is 0.227. The molecule has 0 spiro atoms. The third-order valence-electron chi connectivity index (χ3n) is 4.23. The van der Waals surface area contributed by atoms with Crippen LogP contribution in [0.2, 0.25) is 0 Å². The molecule has 3 nitrogen and oxygen atoms in total. The van der Waals surface area contributed by atoms with Crippen molar-refractivity contribution in [2.45, 2.75) is 13.1 Å². The number of esters is 1. The fourth-order valence-electron chi connectivity index (χ4n) is 2.58. The van der Waals surface area contributed by atoms with E-state index in [2.05, 4.69) is 11.3 Å². The van der Waals surface area contributed by atoms with E-state index in [1.807, 2.05) is 42.5 Å². The van der Waals surface area contributed by atoms with Gasteiger partial charge in [0.25, 0.3) is 0 Å². The molecular weight excluding hydrogens is 401 g/mol. The average Bonchev–Trinajstić information content (AvgIpc) is 3.10. The molecule has 3 aromatic rings. The van der Waals surface area contributed by atoms with Gasteiger partial charge in [-0.05, 0) is 42.1 Å². The van der Waals surface area contributed by atoms with Crippen molar-refractivity contribution >= 4 is 27.4 Å². The van der Waals surface area contributed by atoms with Crippen molar-refractivity contribution in [2.24, 2.45) is 5.92 Å². The lowest BCUT2D eigenvalue weighted by atomic mass is 10.1. The lowest BCUT2D eigenvalue weighted by Crippen LogP contribution is -2.33. The first kappa shape index (κ1) is 20.9. The van der Waals surface area contributed by atoms with Gasteiger partial charge >= 0.3 is 12.1 Å². The number of hydrogen-bond donors (Lipinski definition) is 0. The van der Waals surface area contributed by atoms with Gasteiger partial charge < -0.3 is 9.47 Å². The van der Waals surface area contributed by atoms with Crippen LogP contribution in [0.15, 0.2) is 66.7 Å². The Balaban J connectivity index is 1.71. The maximum absolute atomic E-state index is 13.2. The second-order valence-corrected chi connectivity index (χ2v) is 7.69. The third kappa shape index (κ3) is 5.38. The van der Waals surface area contributed by atoms with Gasteiger partial charge in [-0.1, -0.05) is 36.9 Å². The van der Waals surface area contributed by atoms with Gasteiger partial charge in [-0.15, -0.1) is 11.3 Å². The minimum Gasteiger partial charge on any atom is -0.493 e. The Morgan fingerprint density at radius 3 is 2.48 bits per heavy atom. The zero-order valence-electron chi connectivity index (χ0n) is 15.7. The summed E-state index contributed by atoms with van der Waals surface area (Å²) in [5.74, 6) is -2.45. The summed E-state index contributed by atoms with van der Waals surface area (Å²) in [5, 5.41) is 0.990. The second kappa shape index (κ2) is 8.69. The molecule has 29 heavy (non-hydrogen) atoms. The molecule has 0 saturated carbocycles. The minimum absolute atomic E-state index is 0.0456. The van der Waals surface area contributed by atoms with Crippen LogP contribution in [-0.2, 0) is 9.53 Å². The largest absolute Gasteiger partial charge is 0.493 e. The quantitative estimate of drug-likeness (QED) is 0.335. The number of halogens is 3. The molecule has 7 heteroatoms. The SMILES string of the molecule is C=C(C)C(=O)OCC(COc1ccc2cc(-c3ccccc3)sc2c1)C(F)(F)F. The maximum atomic E-state index is 13.2. The van der Waals surface area contributed by atoms with E-state index in [0.29, 0.717) is 5.75 Å². The molecule has 1 heterocycles. The summed E-state index contributed by atoms with van der Waals surface area (Å²) in [6.07, 6.45) is -4.55. The van der Waals surface area contributed by atoms with E-state index in [-0.39, 0.29) is 5.57 Å². The summed E-state index contributed by atoms with van der Waals surface area (Å²) in [7, 11) is 0. The Hall–Kier alpha value is -2.80. The Labute approximate surface area is 170 Å². The summed E-state index contributed by atoms with van der Waals surface area (Å²) >= 11 is 1.54. The maximum Gasteiger partial charge on any atom is 0.398 e. The zero-order valence-corrected chi connectivity index (χ0v) is 16.5. The predicted molar refractivity (Wildman–Crippen MR) is 108 cm³/mol. The number of carbonyl (C=O) groups excluding carboxylic acids is 1. The van der Waals surface area contributed by atoms with Crippen LogP contribution >= 0.6 is 11.3 Å². The van der Waals surface area contributed by atoms with Gasteiger partial charge in [0, 0.05) is 15.2 Å². The summed E-state index contributed by atoms with van der Waals surface area (Å²) in [6.45, 7) is 3.28. The molecule has 0 fully saturated rings. The lowest BCUT2D eigenvalue weighted by molar-refractivity contribution is -0.196. The molecule has 0 radical (unpaired) electrons. The molecule has 0 amide bonds. The number of carbonyl (C=O) groups is 1. The standard InChI is InChI=1S/C22H19F3O3S/c1-14(2)21(26)28-13-17(22(23,24)25)12-27-18-9-8-16-10-19(29-20(16)11-18)15-6-4-3-5-7-15/h3-11,17H,1,12-13H2,2H3. The second-order valence-electron chi connectivity index (χ2n) is 6.60. The van der Waals surface area contributed by atoms with E-state index in [4.69, 9.17) is 4.74 Å². The van der Waals surface area contributed by atoms with Crippen molar-refractivity contribution < 1.29 is 27.4 Å². The number of benzene rings is 2. The van der Waals surface area contributed by atoms with Gasteiger partial charge in [-0.25, -0.2) is 4.79 Å². The first-order valence-electron chi connectivity index (χ1n) is 8.85. The van der Waals surface area contributed by atoms with Gasteiger partial charge in [0.05, 0.1) is 0 Å². The van der Waals surface area contributed by atoms with Crippen molar-refractivity contribution in [2.75, 3.05) is 13.2 Å². The van der Waals surface area contributed by atoms with Crippen LogP contribution in [-0.4, -0.2) is 25.4 Å². The highest BCUT2D eigenvalue weighted by atomic mass is 32.1. The topological polar surface area (TPSA) is 35.5 Å². The zero-order chi connectivity index (χ0) is 21.0. The monoisotopic (exact) mass is 420 g/mol. The molecule has 0 bridgehead atoms. The molecule has 0 N–H and O–H groups in total. The van der Waals surface area contributed by atoms with E-state index >= 15 is 0 Å². The number of ether oxygens (including phenoxy) is 2. The van der Waals surface area contributed by atoms with Crippen LogP contribution in [0.3, 0.4) is 0 Å². The van der Waals surface area contributed by atoms with Crippen LogP contribution < -0.4 is 4.74 Å². The van der Waals surface area contributed by atoms with E-state index in [9.17, 15) is 18.0 Å². The molecule has 0 saturated heterocycles. The molecular formula is C22H19F3O3S. The Kier molecular flexibility index (Phi) is 6.27. The van der Waals surface area contributed by atoms with Gasteiger partial charge in [-0.3, -0.25) is 0 Å². The van der Waals surface area contributed by atoms with Gasteiger partial charge in [-0.2, -0.15) is 13.2 Å².